The van der Waals surface area contributed by atoms with E-state index in [-0.39, 0.29) is 6.17 Å². The maximum Gasteiger partial charge on any atom is 0.439 e. The molecule has 1 aliphatic heterocycles. The van der Waals surface area contributed by atoms with E-state index in [9.17, 15) is 19.5 Å². The molecule has 0 radical (unpaired) electrons. The molecule has 0 unspecified atom stereocenters. The van der Waals surface area contributed by atoms with Crippen molar-refractivity contribution in [3.63, 3.8) is 0 Å². The third-order valence-electron chi connectivity index (χ3n) is 7.86. The molecule has 3 N–H and O–H groups in total. The minimum atomic E-state index is -0.940. The molecule has 0 bridgehead atoms. The fourth-order valence-electron chi connectivity index (χ4n) is 5.60. The van der Waals surface area contributed by atoms with Gasteiger partial charge in [-0.15, -0.1) is 0 Å². The number of nitrogens with zero attached hydrogens (tertiary/aromatic N) is 5. The number of rotatable bonds is 10. The zero-order valence-electron chi connectivity index (χ0n) is 22.4. The number of hydrogen-bond donors (Lipinski definition) is 3. The number of benzene rings is 1. The van der Waals surface area contributed by atoms with Crippen LogP contribution in [0, 0.1) is 0 Å². The highest BCUT2D eigenvalue weighted by molar-refractivity contribution is 5.80. The molecule has 2 aliphatic rings. The van der Waals surface area contributed by atoms with Crippen molar-refractivity contribution in [2.24, 2.45) is 0 Å². The van der Waals surface area contributed by atoms with Crippen LogP contribution in [0.4, 0.5) is 11.5 Å². The van der Waals surface area contributed by atoms with Crippen LogP contribution in [0.25, 0.3) is 11.4 Å². The Morgan fingerprint density at radius 3 is 2.70 bits per heavy atom. The van der Waals surface area contributed by atoms with Crippen LogP contribution in [-0.4, -0.2) is 73.7 Å². The van der Waals surface area contributed by atoms with Gasteiger partial charge in [0.25, 0.3) is 0 Å². The molecule has 3 aromatic rings. The lowest BCUT2D eigenvalue weighted by Gasteiger charge is -2.39. The number of nitrogens with one attached hydrogen (secondary N) is 2. The van der Waals surface area contributed by atoms with Gasteiger partial charge in [-0.3, -0.25) is 24.1 Å². The first-order valence-corrected chi connectivity index (χ1v) is 13.0. The Kier molecular flexibility index (Phi) is 7.26. The van der Waals surface area contributed by atoms with Gasteiger partial charge in [-0.1, -0.05) is 24.2 Å². The number of fused-ring (bicyclic) bond motifs is 1. The van der Waals surface area contributed by atoms with Crippen LogP contribution in [-0.2, 0) is 9.59 Å². The summed E-state index contributed by atoms with van der Waals surface area (Å²) in [5.74, 6) is -0.730. The SMILES string of the molecule is CC[C@]12CC=C(N(C=O)c3ccccn3)C=C1N([C@H](C)C(=O)O)[C@@H](CNc1ccc(-c3noc(=O)[nH]3)cc1)N2C. The van der Waals surface area contributed by atoms with Gasteiger partial charge < -0.3 is 15.3 Å². The number of pyridine rings is 1. The standard InChI is InChI=1S/C28H31N7O5/c1-4-28-13-12-21(34(17-36)23-7-5-6-14-29-23)15-22(28)35(18(2)26(37)38)24(33(28)3)16-30-20-10-8-19(9-11-20)25-31-27(39)40-32-25/h5-12,14-15,17-18,24,30H,4,13,16H2,1-3H3,(H,37,38)(H,31,32,39)/t18-,24+,28+/m1/s1. The summed E-state index contributed by atoms with van der Waals surface area (Å²) in [6.07, 6.45) is 7.33. The minimum absolute atomic E-state index is 0.295. The summed E-state index contributed by atoms with van der Waals surface area (Å²) in [5, 5.41) is 17.2. The van der Waals surface area contributed by atoms with Crippen molar-refractivity contribution >= 4 is 23.9 Å². The molecule has 3 atom stereocenters. The Bertz CT molecular complexity index is 1500. The van der Waals surface area contributed by atoms with Crippen LogP contribution in [0.2, 0.25) is 0 Å². The molecule has 5 rings (SSSR count). The number of amides is 1. The zero-order valence-corrected chi connectivity index (χ0v) is 22.4. The van der Waals surface area contributed by atoms with Crippen LogP contribution >= 0.6 is 0 Å². The summed E-state index contributed by atoms with van der Waals surface area (Å²) < 4.78 is 4.58. The number of likely N-dealkylation sites (N-methyl/N-ethyl adjacent to an activating group) is 1. The maximum absolute atomic E-state index is 12.3. The van der Waals surface area contributed by atoms with Crippen molar-refractivity contribution < 1.29 is 19.2 Å². The van der Waals surface area contributed by atoms with Gasteiger partial charge in [0.05, 0.1) is 5.54 Å². The highest BCUT2D eigenvalue weighted by Gasteiger charge is 2.54. The lowest BCUT2D eigenvalue weighted by Crippen LogP contribution is -2.50. The monoisotopic (exact) mass is 545 g/mol. The van der Waals surface area contributed by atoms with Crippen molar-refractivity contribution in [3.8, 4) is 11.4 Å². The molecular formula is C28H31N7O5. The Hall–Kier alpha value is -4.71. The van der Waals surface area contributed by atoms with Gasteiger partial charge in [-0.25, -0.2) is 14.6 Å². The number of carboxylic acids is 1. The van der Waals surface area contributed by atoms with Crippen LogP contribution in [0.3, 0.4) is 0 Å². The molecule has 0 spiro atoms. The van der Waals surface area contributed by atoms with Gasteiger partial charge in [0, 0.05) is 35.4 Å². The summed E-state index contributed by atoms with van der Waals surface area (Å²) in [5.41, 5.74) is 2.58. The average molecular weight is 546 g/mol. The lowest BCUT2D eigenvalue weighted by atomic mass is 9.83. The minimum Gasteiger partial charge on any atom is -0.480 e. The van der Waals surface area contributed by atoms with Crippen LogP contribution in [0.15, 0.2) is 81.5 Å². The average Bonchev–Trinajstić information content (AvgIpc) is 3.51. The smallest absolute Gasteiger partial charge is 0.439 e. The predicted molar refractivity (Wildman–Crippen MR) is 148 cm³/mol. The Labute approximate surface area is 230 Å². The largest absolute Gasteiger partial charge is 0.480 e. The van der Waals surface area contributed by atoms with Crippen molar-refractivity contribution in [1.82, 2.24) is 24.9 Å². The van der Waals surface area contributed by atoms with Crippen LogP contribution in [0.1, 0.15) is 26.7 Å². The van der Waals surface area contributed by atoms with Crippen molar-refractivity contribution in [3.05, 3.63) is 82.8 Å². The van der Waals surface area contributed by atoms with Gasteiger partial charge in [-0.2, -0.15) is 0 Å². The summed E-state index contributed by atoms with van der Waals surface area (Å²) in [4.78, 5) is 48.2. The number of allylic oxidation sites excluding steroid dienone is 1. The highest BCUT2D eigenvalue weighted by Crippen LogP contribution is 2.47. The van der Waals surface area contributed by atoms with E-state index in [0.717, 1.165) is 24.2 Å². The molecule has 2 aromatic heterocycles. The Morgan fingerprint density at radius 1 is 1.32 bits per heavy atom. The first-order valence-electron chi connectivity index (χ1n) is 13.0. The fraction of sp³-hybridized carbons (Fsp3) is 0.321. The van der Waals surface area contributed by atoms with Gasteiger partial charge in [-0.05, 0) is 69.3 Å². The quantitative estimate of drug-likeness (QED) is 0.325. The highest BCUT2D eigenvalue weighted by atomic mass is 16.5. The summed E-state index contributed by atoms with van der Waals surface area (Å²) in [6.45, 7) is 4.20. The van der Waals surface area contributed by atoms with Crippen molar-refractivity contribution in [2.45, 2.75) is 44.4 Å². The van der Waals surface area contributed by atoms with E-state index in [2.05, 4.69) is 36.8 Å². The summed E-state index contributed by atoms with van der Waals surface area (Å²) in [6, 6.07) is 11.9. The molecular weight excluding hydrogens is 514 g/mol. The van der Waals surface area contributed by atoms with E-state index in [1.54, 1.807) is 25.3 Å². The van der Waals surface area contributed by atoms with Gasteiger partial charge in [0.15, 0.2) is 5.82 Å². The summed E-state index contributed by atoms with van der Waals surface area (Å²) in [7, 11) is 2.01. The number of hydrogen-bond acceptors (Lipinski definition) is 9. The second kappa shape index (κ2) is 10.8. The molecule has 1 aromatic carbocycles. The van der Waals surface area contributed by atoms with Crippen LogP contribution < -0.4 is 16.0 Å². The third kappa shape index (κ3) is 4.66. The molecule has 3 heterocycles. The first kappa shape index (κ1) is 26.9. The van der Waals surface area contributed by atoms with Gasteiger partial charge in [0.2, 0.25) is 6.41 Å². The Balaban J connectivity index is 1.45. The number of carbonyl (C=O) groups is 2. The third-order valence-corrected chi connectivity index (χ3v) is 7.86. The van der Waals surface area contributed by atoms with Gasteiger partial charge in [0.1, 0.15) is 18.0 Å². The molecule has 1 aliphatic carbocycles. The van der Waals surface area contributed by atoms with E-state index in [1.807, 2.05) is 54.4 Å². The maximum atomic E-state index is 12.3. The van der Waals surface area contributed by atoms with Gasteiger partial charge >= 0.3 is 11.7 Å². The predicted octanol–water partition coefficient (Wildman–Crippen LogP) is 2.87. The van der Waals surface area contributed by atoms with Crippen LogP contribution in [0.5, 0.6) is 0 Å². The second-order valence-electron chi connectivity index (χ2n) is 9.83. The number of aromatic amines is 1. The molecule has 0 saturated carbocycles. The number of aliphatic carboxylic acids is 1. The van der Waals surface area contributed by atoms with Crippen molar-refractivity contribution in [2.75, 3.05) is 23.8 Å². The zero-order chi connectivity index (χ0) is 28.4. The first-order chi connectivity index (χ1) is 19.3. The van der Waals surface area contributed by atoms with E-state index < -0.39 is 23.3 Å². The lowest BCUT2D eigenvalue weighted by molar-refractivity contribution is -0.142. The molecule has 40 heavy (non-hydrogen) atoms. The molecule has 12 heteroatoms. The molecule has 1 saturated heterocycles. The number of H-pyrrole nitrogens is 1. The normalized spacial score (nSPS) is 21.3. The molecule has 12 nitrogen and oxygen atoms in total. The van der Waals surface area contributed by atoms with E-state index in [4.69, 9.17) is 0 Å². The van der Waals surface area contributed by atoms with E-state index in [1.165, 1.54) is 4.90 Å². The molecule has 1 fully saturated rings. The number of carboxylic acid groups (broad SMARTS) is 1. The summed E-state index contributed by atoms with van der Waals surface area (Å²) >= 11 is 0. The number of carbonyl (C=O) groups excluding carboxylic acids is 1. The van der Waals surface area contributed by atoms with E-state index >= 15 is 0 Å². The fourth-order valence-corrected chi connectivity index (χ4v) is 5.60. The Morgan fingerprint density at radius 2 is 2.10 bits per heavy atom. The number of aromatic nitrogens is 3. The van der Waals surface area contributed by atoms with E-state index in [0.29, 0.717) is 35.9 Å². The topological polar surface area (TPSA) is 148 Å². The molecule has 1 amide bonds. The van der Waals surface area contributed by atoms with Crippen molar-refractivity contribution in [1.29, 1.82) is 0 Å². The second-order valence-corrected chi connectivity index (χ2v) is 9.83. The number of anilines is 2. The molecule has 208 valence electrons.